The second-order valence-corrected chi connectivity index (χ2v) is 12.4. The van der Waals surface area contributed by atoms with Crippen LogP contribution in [0.2, 0.25) is 10.0 Å². The van der Waals surface area contributed by atoms with Gasteiger partial charge in [-0.05, 0) is 46.1 Å². The van der Waals surface area contributed by atoms with Gasteiger partial charge in [-0.25, -0.2) is 17.5 Å². The second-order valence-electron chi connectivity index (χ2n) is 9.39. The molecular weight excluding hydrogens is 491 g/mol. The molecule has 0 spiro atoms. The van der Waals surface area contributed by atoms with Gasteiger partial charge in [0, 0.05) is 38.2 Å². The number of carbonyl (C=O) groups is 2. The number of likely N-dealkylation sites (tertiary alicyclic amines) is 1. The van der Waals surface area contributed by atoms with Gasteiger partial charge in [-0.2, -0.15) is 0 Å². The molecule has 0 radical (unpaired) electrons. The summed E-state index contributed by atoms with van der Waals surface area (Å²) in [6.07, 6.45) is 0.648. The first-order valence-electron chi connectivity index (χ1n) is 10.9. The van der Waals surface area contributed by atoms with Crippen molar-refractivity contribution in [2.24, 2.45) is 5.92 Å². The van der Waals surface area contributed by atoms with Crippen molar-refractivity contribution in [1.29, 1.82) is 0 Å². The molecule has 1 amide bonds. The monoisotopic (exact) mass is 520 g/mol. The number of ketones is 1. The van der Waals surface area contributed by atoms with Crippen LogP contribution in [0, 0.1) is 5.92 Å². The fourth-order valence-corrected chi connectivity index (χ4v) is 6.39. The highest BCUT2D eigenvalue weighted by atomic mass is 35.5. The number of nitrogens with zero attached hydrogens (tertiary/aromatic N) is 2. The number of carbonyl (C=O) groups excluding carboxylic acids is 2. The molecule has 0 aromatic heterocycles. The number of hydrogen-bond acceptors (Lipinski definition) is 6. The van der Waals surface area contributed by atoms with E-state index in [0.717, 1.165) is 0 Å². The number of piperidine rings is 1. The number of amides is 1. The van der Waals surface area contributed by atoms with Gasteiger partial charge >= 0.3 is 6.09 Å². The van der Waals surface area contributed by atoms with Crippen LogP contribution < -0.4 is 4.74 Å². The molecule has 0 aliphatic carbocycles. The molecule has 0 saturated carbocycles. The molecule has 2 saturated heterocycles. The van der Waals surface area contributed by atoms with Crippen LogP contribution in [0.1, 0.15) is 50.4 Å². The summed E-state index contributed by atoms with van der Waals surface area (Å²) in [5.74, 6) is -0.137. The highest BCUT2D eigenvalue weighted by Gasteiger charge is 2.41. The molecule has 1 aromatic rings. The quantitative estimate of drug-likeness (QED) is 0.539. The molecule has 2 heterocycles. The second kappa shape index (κ2) is 9.98. The molecule has 0 N–H and O–H groups in total. The zero-order chi connectivity index (χ0) is 24.6. The highest BCUT2D eigenvalue weighted by Crippen LogP contribution is 2.34. The summed E-state index contributed by atoms with van der Waals surface area (Å²) in [7, 11) is -2.15. The topological polar surface area (TPSA) is 93.2 Å². The third kappa shape index (κ3) is 5.93. The van der Waals surface area contributed by atoms with E-state index in [4.69, 9.17) is 32.7 Å². The van der Waals surface area contributed by atoms with Gasteiger partial charge in [-0.3, -0.25) is 4.79 Å². The Morgan fingerprint density at radius 3 is 2.21 bits per heavy atom. The maximum absolute atomic E-state index is 13.2. The van der Waals surface area contributed by atoms with Crippen molar-refractivity contribution in [2.45, 2.75) is 50.9 Å². The first-order valence-corrected chi connectivity index (χ1v) is 13.1. The van der Waals surface area contributed by atoms with Crippen molar-refractivity contribution < 1.29 is 27.5 Å². The highest BCUT2D eigenvalue weighted by molar-refractivity contribution is 7.89. The first kappa shape index (κ1) is 26.1. The van der Waals surface area contributed by atoms with Gasteiger partial charge in [0.25, 0.3) is 0 Å². The summed E-state index contributed by atoms with van der Waals surface area (Å²) < 4.78 is 38.4. The Kier molecular flexibility index (Phi) is 7.88. The third-order valence-electron chi connectivity index (χ3n) is 5.91. The van der Waals surface area contributed by atoms with Gasteiger partial charge < -0.3 is 14.4 Å². The van der Waals surface area contributed by atoms with Crippen molar-refractivity contribution in [1.82, 2.24) is 9.21 Å². The van der Waals surface area contributed by atoms with Crippen LogP contribution >= 0.6 is 23.2 Å². The lowest BCUT2D eigenvalue weighted by molar-refractivity contribution is 0.0295. The Morgan fingerprint density at radius 2 is 1.64 bits per heavy atom. The van der Waals surface area contributed by atoms with Gasteiger partial charge in [-0.15, -0.1) is 0 Å². The SMILES string of the molecule is COc1cc(Cl)c(Cl)cc1C(=O)C1CCN(S(=O)(=O)C2CCN(C(=O)OC(C)(C)C)C2)CC1. The summed E-state index contributed by atoms with van der Waals surface area (Å²) in [6, 6.07) is 3.01. The van der Waals surface area contributed by atoms with Crippen LogP contribution in [0.3, 0.4) is 0 Å². The van der Waals surface area contributed by atoms with Crippen LogP contribution in [0.5, 0.6) is 5.75 Å². The molecule has 2 aliphatic rings. The number of hydrogen-bond donors (Lipinski definition) is 0. The molecule has 11 heteroatoms. The average molecular weight is 521 g/mol. The largest absolute Gasteiger partial charge is 0.496 e. The average Bonchev–Trinajstić information content (AvgIpc) is 3.25. The minimum Gasteiger partial charge on any atom is -0.496 e. The number of methoxy groups -OCH3 is 1. The van der Waals surface area contributed by atoms with E-state index in [1.165, 1.54) is 28.4 Å². The first-order chi connectivity index (χ1) is 15.3. The van der Waals surface area contributed by atoms with E-state index < -0.39 is 27.0 Å². The van der Waals surface area contributed by atoms with E-state index in [1.54, 1.807) is 20.8 Å². The van der Waals surface area contributed by atoms with Gasteiger partial charge in [0.15, 0.2) is 5.78 Å². The zero-order valence-electron chi connectivity index (χ0n) is 19.3. The predicted octanol–water partition coefficient (Wildman–Crippen LogP) is 4.24. The summed E-state index contributed by atoms with van der Waals surface area (Å²) in [5, 5.41) is -0.119. The number of benzene rings is 1. The lowest BCUT2D eigenvalue weighted by Gasteiger charge is -2.32. The van der Waals surface area contributed by atoms with Crippen molar-refractivity contribution in [3.05, 3.63) is 27.7 Å². The Morgan fingerprint density at radius 1 is 1.03 bits per heavy atom. The summed E-state index contributed by atoms with van der Waals surface area (Å²) in [6.45, 7) is 6.24. The lowest BCUT2D eigenvalue weighted by Crippen LogP contribution is -2.45. The number of halogens is 2. The van der Waals surface area contributed by atoms with Crippen molar-refractivity contribution in [3.8, 4) is 5.75 Å². The molecule has 1 atom stereocenters. The fourth-order valence-electron chi connectivity index (χ4n) is 4.16. The van der Waals surface area contributed by atoms with E-state index in [0.29, 0.717) is 42.1 Å². The van der Waals surface area contributed by atoms with Crippen LogP contribution in [0.15, 0.2) is 12.1 Å². The third-order valence-corrected chi connectivity index (χ3v) is 8.94. The molecule has 184 valence electrons. The van der Waals surface area contributed by atoms with E-state index in [-0.39, 0.29) is 36.4 Å². The minimum absolute atomic E-state index is 0.108. The molecule has 1 aromatic carbocycles. The van der Waals surface area contributed by atoms with Crippen LogP contribution in [0.4, 0.5) is 4.79 Å². The number of ether oxygens (including phenoxy) is 2. The molecule has 3 rings (SSSR count). The maximum Gasteiger partial charge on any atom is 0.410 e. The molecule has 2 fully saturated rings. The summed E-state index contributed by atoms with van der Waals surface area (Å²) in [5.41, 5.74) is -0.295. The number of rotatable bonds is 5. The number of sulfonamides is 1. The normalized spacial score (nSPS) is 20.7. The van der Waals surface area contributed by atoms with E-state index in [9.17, 15) is 18.0 Å². The zero-order valence-corrected chi connectivity index (χ0v) is 21.6. The van der Waals surface area contributed by atoms with Crippen molar-refractivity contribution in [3.63, 3.8) is 0 Å². The van der Waals surface area contributed by atoms with Gasteiger partial charge in [-0.1, -0.05) is 23.2 Å². The molecule has 0 bridgehead atoms. The molecular formula is C22H30Cl2N2O6S. The maximum atomic E-state index is 13.2. The molecule has 1 unspecified atom stereocenters. The van der Waals surface area contributed by atoms with Crippen molar-refractivity contribution in [2.75, 3.05) is 33.3 Å². The van der Waals surface area contributed by atoms with E-state index in [2.05, 4.69) is 0 Å². The van der Waals surface area contributed by atoms with Crippen LogP contribution in [-0.4, -0.2) is 73.6 Å². The molecule has 8 nitrogen and oxygen atoms in total. The van der Waals surface area contributed by atoms with Gasteiger partial charge in [0.05, 0.1) is 28.0 Å². The molecule has 33 heavy (non-hydrogen) atoms. The summed E-state index contributed by atoms with van der Waals surface area (Å²) >= 11 is 12.1. The smallest absolute Gasteiger partial charge is 0.410 e. The van der Waals surface area contributed by atoms with Crippen molar-refractivity contribution >= 4 is 45.1 Å². The lowest BCUT2D eigenvalue weighted by atomic mass is 9.89. The Bertz CT molecular complexity index is 1020. The Hall–Kier alpha value is -1.55. The van der Waals surface area contributed by atoms with E-state index in [1.807, 2.05) is 0 Å². The Labute approximate surface area is 205 Å². The fraction of sp³-hybridized carbons (Fsp3) is 0.636. The van der Waals surface area contributed by atoms with E-state index >= 15 is 0 Å². The predicted molar refractivity (Wildman–Crippen MR) is 127 cm³/mol. The Balaban J connectivity index is 1.62. The van der Waals surface area contributed by atoms with Gasteiger partial charge in [0.2, 0.25) is 10.0 Å². The van der Waals surface area contributed by atoms with Gasteiger partial charge in [0.1, 0.15) is 11.4 Å². The standard InChI is InChI=1S/C22H30Cl2N2O6S/c1-22(2,3)32-21(28)25-8-7-15(13-25)33(29,30)26-9-5-14(6-10-26)20(27)16-11-17(23)18(24)12-19(16)31-4/h11-12,14-15H,5-10,13H2,1-4H3. The van der Waals surface area contributed by atoms with Crippen LogP contribution in [0.25, 0.3) is 0 Å². The minimum atomic E-state index is -3.60. The molecule has 2 aliphatic heterocycles. The van der Waals surface area contributed by atoms with Crippen LogP contribution in [-0.2, 0) is 14.8 Å². The number of Topliss-reactive ketones (excluding diaryl/α,β-unsaturated/α-hetero) is 1. The summed E-state index contributed by atoms with van der Waals surface area (Å²) in [4.78, 5) is 26.8.